The Labute approximate surface area is 82.7 Å². The van der Waals surface area contributed by atoms with Gasteiger partial charge in [-0.25, -0.2) is 4.79 Å². The molecule has 0 fully saturated rings. The molecule has 0 amide bonds. The van der Waals surface area contributed by atoms with Gasteiger partial charge in [-0.05, 0) is 12.1 Å². The van der Waals surface area contributed by atoms with Crippen LogP contribution < -0.4 is 5.73 Å². The van der Waals surface area contributed by atoms with Crippen molar-refractivity contribution in [1.29, 1.82) is 0 Å². The number of methoxy groups -OCH3 is 1. The normalized spacial score (nSPS) is 10.5. The van der Waals surface area contributed by atoms with E-state index >= 15 is 0 Å². The highest BCUT2D eigenvalue weighted by atomic mass is 32.2. The second-order valence-electron chi connectivity index (χ2n) is 2.49. The first-order valence-corrected chi connectivity index (χ1v) is 5.21. The lowest BCUT2D eigenvalue weighted by atomic mass is 10.3. The van der Waals surface area contributed by atoms with Crippen molar-refractivity contribution in [2.45, 2.75) is 0 Å². The Hall–Kier alpha value is -1.07. The second kappa shape index (κ2) is 3.01. The molecule has 0 unspecified atom stereocenters. The maximum atomic E-state index is 11.1. The van der Waals surface area contributed by atoms with Crippen molar-refractivity contribution >= 4 is 43.0 Å². The van der Waals surface area contributed by atoms with Gasteiger partial charge in [0.05, 0.1) is 16.1 Å². The topological polar surface area (TPSA) is 52.3 Å². The van der Waals surface area contributed by atoms with Gasteiger partial charge in [-0.15, -0.1) is 22.7 Å². The Morgan fingerprint density at radius 2 is 2.23 bits per heavy atom. The smallest absolute Gasteiger partial charge is 0.348 e. The SMILES string of the molecule is COC(=O)c1cc2cc(N)sc2s1. The van der Waals surface area contributed by atoms with Crippen LogP contribution in [0.25, 0.3) is 9.40 Å². The monoisotopic (exact) mass is 213 g/mol. The van der Waals surface area contributed by atoms with E-state index in [1.807, 2.05) is 6.07 Å². The molecule has 0 aliphatic rings. The number of anilines is 1. The van der Waals surface area contributed by atoms with E-state index in [9.17, 15) is 4.79 Å². The summed E-state index contributed by atoms with van der Waals surface area (Å²) in [7, 11) is 1.38. The van der Waals surface area contributed by atoms with Gasteiger partial charge in [0.2, 0.25) is 0 Å². The van der Waals surface area contributed by atoms with Crippen LogP contribution in [0.4, 0.5) is 5.00 Å². The fourth-order valence-corrected chi connectivity index (χ4v) is 3.21. The standard InChI is InChI=1S/C8H7NO2S2/c1-11-7(10)5-2-4-3-6(9)13-8(4)12-5/h2-3H,9H2,1H3. The second-order valence-corrected chi connectivity index (χ2v) is 4.89. The molecule has 0 aliphatic heterocycles. The van der Waals surface area contributed by atoms with E-state index in [-0.39, 0.29) is 5.97 Å². The number of hydrogen-bond acceptors (Lipinski definition) is 5. The summed E-state index contributed by atoms with van der Waals surface area (Å²) in [6.45, 7) is 0. The molecule has 2 heterocycles. The van der Waals surface area contributed by atoms with Crippen LogP contribution in [-0.4, -0.2) is 13.1 Å². The minimum atomic E-state index is -0.285. The van der Waals surface area contributed by atoms with Gasteiger partial charge < -0.3 is 10.5 Å². The van der Waals surface area contributed by atoms with Gasteiger partial charge in [0, 0.05) is 5.39 Å². The van der Waals surface area contributed by atoms with Crippen molar-refractivity contribution in [2.24, 2.45) is 0 Å². The number of rotatable bonds is 1. The molecule has 3 nitrogen and oxygen atoms in total. The third-order valence-corrected chi connectivity index (χ3v) is 3.82. The molecule has 0 aliphatic carbocycles. The van der Waals surface area contributed by atoms with Gasteiger partial charge in [-0.2, -0.15) is 0 Å². The summed E-state index contributed by atoms with van der Waals surface area (Å²) in [5.74, 6) is -0.285. The summed E-state index contributed by atoms with van der Waals surface area (Å²) in [4.78, 5) is 11.8. The van der Waals surface area contributed by atoms with E-state index in [1.54, 1.807) is 6.07 Å². The van der Waals surface area contributed by atoms with Crippen molar-refractivity contribution in [3.05, 3.63) is 17.0 Å². The molecular weight excluding hydrogens is 206 g/mol. The molecule has 2 rings (SSSR count). The third-order valence-electron chi connectivity index (χ3n) is 1.62. The minimum Gasteiger partial charge on any atom is -0.465 e. The maximum absolute atomic E-state index is 11.1. The molecular formula is C8H7NO2S2. The number of thiophene rings is 2. The van der Waals surface area contributed by atoms with Crippen molar-refractivity contribution < 1.29 is 9.53 Å². The predicted molar refractivity (Wildman–Crippen MR) is 55.5 cm³/mol. The van der Waals surface area contributed by atoms with Crippen LogP contribution in [0.2, 0.25) is 0 Å². The fourth-order valence-electron chi connectivity index (χ4n) is 1.06. The lowest BCUT2D eigenvalue weighted by Crippen LogP contribution is -1.96. The van der Waals surface area contributed by atoms with Gasteiger partial charge in [0.25, 0.3) is 0 Å². The number of fused-ring (bicyclic) bond motifs is 1. The van der Waals surface area contributed by atoms with Crippen molar-refractivity contribution in [1.82, 2.24) is 0 Å². The van der Waals surface area contributed by atoms with Crippen molar-refractivity contribution in [3.8, 4) is 0 Å². The number of nitrogens with two attached hydrogens (primary N) is 1. The number of carbonyl (C=O) groups excluding carboxylic acids is 1. The molecule has 0 atom stereocenters. The maximum Gasteiger partial charge on any atom is 0.348 e. The predicted octanol–water partition coefficient (Wildman–Crippen LogP) is 2.33. The Kier molecular flexibility index (Phi) is 1.97. The lowest BCUT2D eigenvalue weighted by Gasteiger charge is -1.90. The van der Waals surface area contributed by atoms with Crippen LogP contribution >= 0.6 is 22.7 Å². The Morgan fingerprint density at radius 1 is 1.46 bits per heavy atom. The quantitative estimate of drug-likeness (QED) is 0.740. The summed E-state index contributed by atoms with van der Waals surface area (Å²) in [5, 5.41) is 1.80. The number of ether oxygens (including phenoxy) is 1. The number of carbonyl (C=O) groups is 1. The van der Waals surface area contributed by atoms with Gasteiger partial charge in [0.1, 0.15) is 4.88 Å². The van der Waals surface area contributed by atoms with E-state index in [2.05, 4.69) is 4.74 Å². The highest BCUT2D eigenvalue weighted by Gasteiger charge is 2.11. The summed E-state index contributed by atoms with van der Waals surface area (Å²) >= 11 is 2.90. The Balaban J connectivity index is 2.51. The molecule has 0 bridgehead atoms. The third kappa shape index (κ3) is 1.40. The molecule has 5 heteroatoms. The van der Waals surface area contributed by atoms with Crippen molar-refractivity contribution in [3.63, 3.8) is 0 Å². The Morgan fingerprint density at radius 3 is 2.85 bits per heavy atom. The number of hydrogen-bond donors (Lipinski definition) is 1. The van der Waals surface area contributed by atoms with E-state index in [0.717, 1.165) is 14.4 Å². The van der Waals surface area contributed by atoms with E-state index in [0.29, 0.717) is 4.88 Å². The first-order chi connectivity index (χ1) is 6.20. The molecule has 0 radical (unpaired) electrons. The minimum absolute atomic E-state index is 0.285. The first kappa shape index (κ1) is 8.52. The van der Waals surface area contributed by atoms with Gasteiger partial charge in [-0.3, -0.25) is 0 Å². The largest absolute Gasteiger partial charge is 0.465 e. The summed E-state index contributed by atoms with van der Waals surface area (Å²) in [6, 6.07) is 3.67. The molecule has 2 aromatic heterocycles. The summed E-state index contributed by atoms with van der Waals surface area (Å²) < 4.78 is 5.68. The average molecular weight is 213 g/mol. The van der Waals surface area contributed by atoms with Crippen LogP contribution in [-0.2, 0) is 4.74 Å². The van der Waals surface area contributed by atoms with Gasteiger partial charge >= 0.3 is 5.97 Å². The van der Waals surface area contributed by atoms with E-state index in [4.69, 9.17) is 5.73 Å². The zero-order valence-corrected chi connectivity index (χ0v) is 8.50. The number of nitrogen functional groups attached to an aromatic ring is 1. The van der Waals surface area contributed by atoms with E-state index < -0.39 is 0 Å². The zero-order chi connectivity index (χ0) is 9.42. The number of esters is 1. The van der Waals surface area contributed by atoms with E-state index in [1.165, 1.54) is 29.8 Å². The molecule has 0 spiro atoms. The van der Waals surface area contributed by atoms with Gasteiger partial charge in [-0.1, -0.05) is 0 Å². The summed E-state index contributed by atoms with van der Waals surface area (Å²) in [6.07, 6.45) is 0. The zero-order valence-electron chi connectivity index (χ0n) is 6.87. The molecule has 68 valence electrons. The molecule has 13 heavy (non-hydrogen) atoms. The average Bonchev–Trinajstić information content (AvgIpc) is 2.59. The molecule has 2 aromatic rings. The van der Waals surface area contributed by atoms with Crippen LogP contribution in [0, 0.1) is 0 Å². The van der Waals surface area contributed by atoms with Crippen LogP contribution in [0.1, 0.15) is 9.67 Å². The molecule has 0 aromatic carbocycles. The summed E-state index contributed by atoms with van der Waals surface area (Å²) in [5.41, 5.74) is 5.60. The fraction of sp³-hybridized carbons (Fsp3) is 0.125. The first-order valence-electron chi connectivity index (χ1n) is 3.58. The van der Waals surface area contributed by atoms with Crippen LogP contribution in [0.5, 0.6) is 0 Å². The highest BCUT2D eigenvalue weighted by Crippen LogP contribution is 2.34. The lowest BCUT2D eigenvalue weighted by molar-refractivity contribution is 0.0606. The highest BCUT2D eigenvalue weighted by molar-refractivity contribution is 7.40. The van der Waals surface area contributed by atoms with Crippen LogP contribution in [0.15, 0.2) is 12.1 Å². The Bertz CT molecular complexity index is 426. The van der Waals surface area contributed by atoms with Crippen LogP contribution in [0.3, 0.4) is 0 Å². The van der Waals surface area contributed by atoms with Crippen molar-refractivity contribution in [2.75, 3.05) is 12.8 Å². The molecule has 0 saturated heterocycles. The van der Waals surface area contributed by atoms with Gasteiger partial charge in [0.15, 0.2) is 0 Å². The molecule has 0 saturated carbocycles. The molecule has 2 N–H and O–H groups in total.